The van der Waals surface area contributed by atoms with Crippen LogP contribution in [0.3, 0.4) is 0 Å². The molecular formula is C9H20O2. The monoisotopic (exact) mass is 160 g/mol. The Hall–Kier alpha value is -0.0800. The van der Waals surface area contributed by atoms with Gasteiger partial charge in [0.1, 0.15) is 0 Å². The zero-order valence-corrected chi connectivity index (χ0v) is 7.93. The van der Waals surface area contributed by atoms with Crippen molar-refractivity contribution in [2.45, 2.75) is 39.2 Å². The van der Waals surface area contributed by atoms with Gasteiger partial charge in [0.15, 0.2) is 0 Å². The number of unbranched alkanes of at least 4 members (excludes halogenated alkanes) is 1. The lowest BCUT2D eigenvalue weighted by atomic mass is 10.2. The van der Waals surface area contributed by atoms with E-state index < -0.39 is 0 Å². The van der Waals surface area contributed by atoms with Gasteiger partial charge >= 0.3 is 0 Å². The van der Waals surface area contributed by atoms with Crippen molar-refractivity contribution in [2.75, 3.05) is 20.3 Å². The van der Waals surface area contributed by atoms with Crippen molar-refractivity contribution in [1.82, 2.24) is 0 Å². The lowest BCUT2D eigenvalue weighted by molar-refractivity contribution is 0.0665. The van der Waals surface area contributed by atoms with E-state index in [0.29, 0.717) is 6.10 Å². The lowest BCUT2D eigenvalue weighted by Crippen LogP contribution is -2.07. The van der Waals surface area contributed by atoms with E-state index in [0.717, 1.165) is 26.1 Å². The van der Waals surface area contributed by atoms with Crippen molar-refractivity contribution in [3.05, 3.63) is 0 Å². The topological polar surface area (TPSA) is 18.5 Å². The first kappa shape index (κ1) is 10.9. The highest BCUT2D eigenvalue weighted by molar-refractivity contribution is 4.49. The molecule has 0 saturated heterocycles. The normalized spacial score (nSPS) is 13.4. The quantitative estimate of drug-likeness (QED) is 0.532. The Bertz CT molecular complexity index is 74.0. The molecule has 11 heavy (non-hydrogen) atoms. The number of methoxy groups -OCH3 is 1. The Kier molecular flexibility index (Phi) is 7.96. The maximum atomic E-state index is 5.38. The van der Waals surface area contributed by atoms with E-state index in [1.807, 2.05) is 6.92 Å². The zero-order chi connectivity index (χ0) is 8.53. The molecule has 0 aliphatic heterocycles. The highest BCUT2D eigenvalue weighted by Gasteiger charge is 1.98. The minimum absolute atomic E-state index is 0.414. The summed E-state index contributed by atoms with van der Waals surface area (Å²) in [5.74, 6) is 0. The third kappa shape index (κ3) is 7.82. The minimum Gasteiger partial charge on any atom is -0.385 e. The van der Waals surface area contributed by atoms with Crippen molar-refractivity contribution in [1.29, 1.82) is 0 Å². The highest BCUT2D eigenvalue weighted by Crippen LogP contribution is 2.03. The summed E-state index contributed by atoms with van der Waals surface area (Å²) in [5, 5.41) is 0. The average molecular weight is 160 g/mol. The van der Waals surface area contributed by atoms with Crippen molar-refractivity contribution in [3.8, 4) is 0 Å². The average Bonchev–Trinajstić information content (AvgIpc) is 1.99. The minimum atomic E-state index is 0.414. The second-order valence-electron chi connectivity index (χ2n) is 2.75. The summed E-state index contributed by atoms with van der Waals surface area (Å²) in [4.78, 5) is 0. The van der Waals surface area contributed by atoms with E-state index in [2.05, 4.69) is 6.92 Å². The summed E-state index contributed by atoms with van der Waals surface area (Å²) in [6, 6.07) is 0. The molecule has 1 atom stereocenters. The van der Waals surface area contributed by atoms with E-state index in [1.165, 1.54) is 6.42 Å². The van der Waals surface area contributed by atoms with Gasteiger partial charge in [0, 0.05) is 20.3 Å². The molecule has 0 aromatic heterocycles. The number of hydrogen-bond acceptors (Lipinski definition) is 2. The van der Waals surface area contributed by atoms with E-state index in [1.54, 1.807) is 7.11 Å². The van der Waals surface area contributed by atoms with Crippen molar-refractivity contribution in [3.63, 3.8) is 0 Å². The molecule has 0 radical (unpaired) electrons. The molecule has 0 aromatic carbocycles. The molecule has 0 heterocycles. The maximum Gasteiger partial charge on any atom is 0.0546 e. The fourth-order valence-corrected chi connectivity index (χ4v) is 1.05. The van der Waals surface area contributed by atoms with Crippen molar-refractivity contribution < 1.29 is 9.47 Å². The number of rotatable bonds is 7. The summed E-state index contributed by atoms with van der Waals surface area (Å²) >= 11 is 0. The van der Waals surface area contributed by atoms with Crippen LogP contribution in [0.25, 0.3) is 0 Å². The Morgan fingerprint density at radius 2 is 2.00 bits per heavy atom. The fourth-order valence-electron chi connectivity index (χ4n) is 1.05. The third-order valence-electron chi connectivity index (χ3n) is 1.66. The third-order valence-corrected chi connectivity index (χ3v) is 1.66. The Balaban J connectivity index is 2.97. The molecule has 0 N–H and O–H groups in total. The van der Waals surface area contributed by atoms with E-state index in [-0.39, 0.29) is 0 Å². The van der Waals surface area contributed by atoms with Gasteiger partial charge in [0.25, 0.3) is 0 Å². The van der Waals surface area contributed by atoms with Crippen LogP contribution in [0.4, 0.5) is 0 Å². The molecule has 0 fully saturated rings. The second kappa shape index (κ2) is 8.02. The van der Waals surface area contributed by atoms with E-state index >= 15 is 0 Å². The molecule has 0 amide bonds. The van der Waals surface area contributed by atoms with Gasteiger partial charge in [-0.2, -0.15) is 0 Å². The Morgan fingerprint density at radius 3 is 2.55 bits per heavy atom. The molecule has 2 heteroatoms. The van der Waals surface area contributed by atoms with Crippen LogP contribution in [0.1, 0.15) is 33.1 Å². The van der Waals surface area contributed by atoms with Gasteiger partial charge < -0.3 is 9.47 Å². The van der Waals surface area contributed by atoms with Gasteiger partial charge in [0.05, 0.1) is 6.10 Å². The first-order valence-electron chi connectivity index (χ1n) is 4.41. The van der Waals surface area contributed by atoms with Gasteiger partial charge in [-0.3, -0.25) is 0 Å². The number of ether oxygens (including phenoxy) is 2. The molecule has 2 nitrogen and oxygen atoms in total. The maximum absolute atomic E-state index is 5.38. The van der Waals surface area contributed by atoms with Crippen molar-refractivity contribution >= 4 is 0 Å². The second-order valence-corrected chi connectivity index (χ2v) is 2.75. The molecule has 0 aliphatic carbocycles. The van der Waals surface area contributed by atoms with Gasteiger partial charge in [-0.15, -0.1) is 0 Å². The molecular weight excluding hydrogens is 140 g/mol. The molecule has 0 aliphatic rings. The van der Waals surface area contributed by atoms with Gasteiger partial charge in [-0.05, 0) is 33.1 Å². The van der Waals surface area contributed by atoms with Crippen LogP contribution in [0.2, 0.25) is 0 Å². The highest BCUT2D eigenvalue weighted by atomic mass is 16.5. The smallest absolute Gasteiger partial charge is 0.0546 e. The first-order chi connectivity index (χ1) is 5.31. The predicted molar refractivity (Wildman–Crippen MR) is 46.8 cm³/mol. The molecule has 0 spiro atoms. The zero-order valence-electron chi connectivity index (χ0n) is 7.93. The van der Waals surface area contributed by atoms with Crippen LogP contribution in [0.15, 0.2) is 0 Å². The van der Waals surface area contributed by atoms with Crippen LogP contribution >= 0.6 is 0 Å². The molecule has 0 bridgehead atoms. The standard InChI is InChI=1S/C9H20O2/c1-4-11-9(2)7-5-6-8-10-3/h9H,4-8H2,1-3H3. The van der Waals surface area contributed by atoms with Gasteiger partial charge in [0.2, 0.25) is 0 Å². The Morgan fingerprint density at radius 1 is 1.27 bits per heavy atom. The predicted octanol–water partition coefficient (Wildman–Crippen LogP) is 2.23. The van der Waals surface area contributed by atoms with Gasteiger partial charge in [-0.1, -0.05) is 0 Å². The molecule has 0 rings (SSSR count). The van der Waals surface area contributed by atoms with Crippen LogP contribution < -0.4 is 0 Å². The van der Waals surface area contributed by atoms with Gasteiger partial charge in [-0.25, -0.2) is 0 Å². The lowest BCUT2D eigenvalue weighted by Gasteiger charge is -2.10. The molecule has 0 saturated carbocycles. The summed E-state index contributed by atoms with van der Waals surface area (Å²) in [6.07, 6.45) is 3.91. The molecule has 68 valence electrons. The summed E-state index contributed by atoms with van der Waals surface area (Å²) < 4.78 is 10.3. The summed E-state index contributed by atoms with van der Waals surface area (Å²) in [6.45, 7) is 5.85. The molecule has 0 aromatic rings. The largest absolute Gasteiger partial charge is 0.385 e. The van der Waals surface area contributed by atoms with Crippen LogP contribution in [-0.2, 0) is 9.47 Å². The summed E-state index contributed by atoms with van der Waals surface area (Å²) in [7, 11) is 1.74. The molecule has 1 unspecified atom stereocenters. The fraction of sp³-hybridized carbons (Fsp3) is 1.00. The van der Waals surface area contributed by atoms with E-state index in [4.69, 9.17) is 9.47 Å². The SMILES string of the molecule is CCOC(C)CCCCOC. The van der Waals surface area contributed by atoms with Crippen LogP contribution in [0.5, 0.6) is 0 Å². The number of hydrogen-bond donors (Lipinski definition) is 0. The van der Waals surface area contributed by atoms with Crippen molar-refractivity contribution in [2.24, 2.45) is 0 Å². The van der Waals surface area contributed by atoms with Crippen LogP contribution in [-0.4, -0.2) is 26.4 Å². The summed E-state index contributed by atoms with van der Waals surface area (Å²) in [5.41, 5.74) is 0. The van der Waals surface area contributed by atoms with Crippen LogP contribution in [0, 0.1) is 0 Å². The Labute approximate surface area is 69.9 Å². The first-order valence-corrected chi connectivity index (χ1v) is 4.41. The van der Waals surface area contributed by atoms with E-state index in [9.17, 15) is 0 Å².